The van der Waals surface area contributed by atoms with Crippen LogP contribution in [0.2, 0.25) is 0 Å². The highest BCUT2D eigenvalue weighted by molar-refractivity contribution is 7.11. The Morgan fingerprint density at radius 3 is 2.55 bits per heavy atom. The van der Waals surface area contributed by atoms with Crippen molar-refractivity contribution in [2.24, 2.45) is 5.73 Å². The monoisotopic (exact) mass is 306 g/mol. The van der Waals surface area contributed by atoms with E-state index in [1.165, 1.54) is 19.2 Å². The molecule has 0 aliphatic carbocycles. The molecule has 20 heavy (non-hydrogen) atoms. The molecule has 8 heteroatoms. The lowest BCUT2D eigenvalue weighted by atomic mass is 10.1. The van der Waals surface area contributed by atoms with E-state index in [2.05, 4.69) is 4.98 Å². The first-order chi connectivity index (χ1) is 9.32. The first kappa shape index (κ1) is 14.7. The van der Waals surface area contributed by atoms with Gasteiger partial charge in [0.2, 0.25) is 0 Å². The zero-order chi connectivity index (χ0) is 14.9. The molecule has 1 aromatic carbocycles. The van der Waals surface area contributed by atoms with E-state index in [0.717, 1.165) is 12.3 Å². The predicted octanol–water partition coefficient (Wildman–Crippen LogP) is 3.36. The van der Waals surface area contributed by atoms with Crippen LogP contribution >= 0.6 is 11.3 Å². The van der Waals surface area contributed by atoms with Crippen LogP contribution in [0.5, 0.6) is 5.75 Å². The smallest absolute Gasteiger partial charge is 0.443 e. The summed E-state index contributed by atoms with van der Waals surface area (Å²) in [7, 11) is 1.32. The summed E-state index contributed by atoms with van der Waals surface area (Å²) >= 11 is 0.444. The molecule has 1 atom stereocenters. The average Bonchev–Trinajstić information content (AvgIpc) is 2.87. The third-order valence-electron chi connectivity index (χ3n) is 2.61. The van der Waals surface area contributed by atoms with E-state index in [4.69, 9.17) is 10.5 Å². The number of benzene rings is 1. The molecule has 0 saturated heterocycles. The highest BCUT2D eigenvalue weighted by Gasteiger charge is 2.35. The number of thiazole rings is 1. The number of nitrogens with zero attached hydrogens (tertiary/aromatic N) is 1. The lowest BCUT2D eigenvalue weighted by Crippen LogP contribution is -2.10. The number of hydrogen-bond acceptors (Lipinski definition) is 4. The molecule has 2 aromatic rings. The van der Waals surface area contributed by atoms with Gasteiger partial charge in [0.05, 0.1) is 13.2 Å². The summed E-state index contributed by atoms with van der Waals surface area (Å²) < 4.78 is 55.7. The van der Waals surface area contributed by atoms with Gasteiger partial charge in [0.25, 0.3) is 0 Å². The van der Waals surface area contributed by atoms with Gasteiger partial charge in [-0.05, 0) is 17.7 Å². The Hall–Kier alpha value is -1.67. The number of methoxy groups -OCH3 is 1. The van der Waals surface area contributed by atoms with Crippen molar-refractivity contribution in [1.82, 2.24) is 4.98 Å². The van der Waals surface area contributed by atoms with Gasteiger partial charge in [0.15, 0.2) is 16.6 Å². The maximum absolute atomic E-state index is 13.5. The van der Waals surface area contributed by atoms with Gasteiger partial charge < -0.3 is 10.5 Å². The van der Waals surface area contributed by atoms with Gasteiger partial charge in [-0.3, -0.25) is 0 Å². The molecule has 0 aliphatic rings. The van der Waals surface area contributed by atoms with Crippen LogP contribution < -0.4 is 10.5 Å². The van der Waals surface area contributed by atoms with Crippen molar-refractivity contribution < 1.29 is 22.3 Å². The number of alkyl halides is 3. The largest absolute Gasteiger partial charge is 0.494 e. The average molecular weight is 306 g/mol. The fourth-order valence-corrected chi connectivity index (χ4v) is 2.41. The molecule has 108 valence electrons. The summed E-state index contributed by atoms with van der Waals surface area (Å²) in [6.07, 6.45) is -3.45. The first-order valence-corrected chi connectivity index (χ1v) is 6.26. The summed E-state index contributed by atoms with van der Waals surface area (Å²) in [5.74, 6) is -0.581. The van der Waals surface area contributed by atoms with Crippen molar-refractivity contribution in [2.45, 2.75) is 12.2 Å². The predicted molar refractivity (Wildman–Crippen MR) is 66.1 cm³/mol. The Balaban J connectivity index is 2.29. The standard InChI is InChI=1S/C12H10F4N2OS/c1-19-8-3-2-6(4-7(8)13)10(17)9-5-18-11(20-9)12(14,15)16/h2-5,10H,17H2,1H3. The van der Waals surface area contributed by atoms with E-state index in [1.807, 2.05) is 0 Å². The second-order valence-electron chi connectivity index (χ2n) is 3.94. The summed E-state index contributed by atoms with van der Waals surface area (Å²) in [6.45, 7) is 0. The van der Waals surface area contributed by atoms with Gasteiger partial charge in [0.1, 0.15) is 0 Å². The summed E-state index contributed by atoms with van der Waals surface area (Å²) in [4.78, 5) is 3.50. The van der Waals surface area contributed by atoms with Crippen LogP contribution in [0.1, 0.15) is 21.5 Å². The van der Waals surface area contributed by atoms with E-state index < -0.39 is 23.0 Å². The molecule has 1 aromatic heterocycles. The Bertz CT molecular complexity index is 612. The highest BCUT2D eigenvalue weighted by Crippen LogP contribution is 2.35. The van der Waals surface area contributed by atoms with Crippen LogP contribution in [0.3, 0.4) is 0 Å². The summed E-state index contributed by atoms with van der Waals surface area (Å²) in [6, 6.07) is 3.13. The van der Waals surface area contributed by atoms with Gasteiger partial charge in [-0.25, -0.2) is 9.37 Å². The molecule has 3 nitrogen and oxygen atoms in total. The molecule has 0 amide bonds. The van der Waals surface area contributed by atoms with E-state index in [9.17, 15) is 17.6 Å². The molecular weight excluding hydrogens is 296 g/mol. The molecule has 1 unspecified atom stereocenters. The third-order valence-corrected chi connectivity index (χ3v) is 3.73. The molecule has 2 rings (SSSR count). The zero-order valence-corrected chi connectivity index (χ0v) is 11.1. The lowest BCUT2D eigenvalue weighted by Gasteiger charge is -2.11. The Morgan fingerprint density at radius 1 is 1.35 bits per heavy atom. The number of nitrogens with two attached hydrogens (primary N) is 1. The van der Waals surface area contributed by atoms with Crippen LogP contribution in [-0.2, 0) is 6.18 Å². The summed E-state index contributed by atoms with van der Waals surface area (Å²) in [5, 5.41) is -0.975. The number of rotatable bonds is 3. The second kappa shape index (κ2) is 5.37. The van der Waals surface area contributed by atoms with Crippen LogP contribution in [0.4, 0.5) is 17.6 Å². The van der Waals surface area contributed by atoms with E-state index in [1.54, 1.807) is 0 Å². The van der Waals surface area contributed by atoms with Crippen molar-refractivity contribution in [2.75, 3.05) is 7.11 Å². The van der Waals surface area contributed by atoms with Crippen LogP contribution in [-0.4, -0.2) is 12.1 Å². The molecule has 0 aliphatic heterocycles. The Kier molecular flexibility index (Phi) is 3.96. The van der Waals surface area contributed by atoms with E-state index in [-0.39, 0.29) is 10.6 Å². The van der Waals surface area contributed by atoms with E-state index >= 15 is 0 Å². The molecular formula is C12H10F4N2OS. The molecule has 1 heterocycles. The molecule has 0 saturated carbocycles. The fraction of sp³-hybridized carbons (Fsp3) is 0.250. The Labute approximate surface area is 116 Å². The minimum atomic E-state index is -4.51. The van der Waals surface area contributed by atoms with Crippen molar-refractivity contribution >= 4 is 11.3 Å². The number of hydrogen-bond donors (Lipinski definition) is 1. The topological polar surface area (TPSA) is 48.1 Å². The Morgan fingerprint density at radius 2 is 2.05 bits per heavy atom. The molecule has 0 bridgehead atoms. The lowest BCUT2D eigenvalue weighted by molar-refractivity contribution is -0.137. The SMILES string of the molecule is COc1ccc(C(N)c2cnc(C(F)(F)F)s2)cc1F. The summed E-state index contributed by atoms with van der Waals surface area (Å²) in [5.41, 5.74) is 6.18. The van der Waals surface area contributed by atoms with Gasteiger partial charge >= 0.3 is 6.18 Å². The van der Waals surface area contributed by atoms with Crippen molar-refractivity contribution in [3.05, 3.63) is 45.7 Å². The normalized spacial score (nSPS) is 13.3. The number of halogens is 4. The number of ether oxygens (including phenoxy) is 1. The van der Waals surface area contributed by atoms with Crippen molar-refractivity contribution in [3.8, 4) is 5.75 Å². The van der Waals surface area contributed by atoms with Crippen molar-refractivity contribution in [3.63, 3.8) is 0 Å². The molecule has 2 N–H and O–H groups in total. The molecule has 0 fully saturated rings. The van der Waals surface area contributed by atoms with E-state index in [0.29, 0.717) is 16.9 Å². The quantitative estimate of drug-likeness (QED) is 0.885. The first-order valence-electron chi connectivity index (χ1n) is 5.45. The second-order valence-corrected chi connectivity index (χ2v) is 5.00. The van der Waals surface area contributed by atoms with Crippen LogP contribution in [0.15, 0.2) is 24.4 Å². The highest BCUT2D eigenvalue weighted by atomic mass is 32.1. The van der Waals surface area contributed by atoms with Crippen molar-refractivity contribution in [1.29, 1.82) is 0 Å². The van der Waals surface area contributed by atoms with Gasteiger partial charge in [-0.15, -0.1) is 11.3 Å². The maximum Gasteiger partial charge on any atom is 0.443 e. The maximum atomic E-state index is 13.5. The van der Waals surface area contributed by atoms with Crippen LogP contribution in [0, 0.1) is 5.82 Å². The van der Waals surface area contributed by atoms with Crippen LogP contribution in [0.25, 0.3) is 0 Å². The third kappa shape index (κ3) is 2.91. The zero-order valence-electron chi connectivity index (χ0n) is 10.2. The van der Waals surface area contributed by atoms with Gasteiger partial charge in [0, 0.05) is 11.1 Å². The number of aromatic nitrogens is 1. The molecule has 0 spiro atoms. The minimum Gasteiger partial charge on any atom is -0.494 e. The van der Waals surface area contributed by atoms with Gasteiger partial charge in [-0.1, -0.05) is 6.07 Å². The molecule has 0 radical (unpaired) electrons. The van der Waals surface area contributed by atoms with Gasteiger partial charge in [-0.2, -0.15) is 13.2 Å². The minimum absolute atomic E-state index is 0.0428. The fourth-order valence-electron chi connectivity index (χ4n) is 1.60.